The van der Waals surface area contributed by atoms with Gasteiger partial charge in [-0.3, -0.25) is 4.79 Å². The molecule has 0 N–H and O–H groups in total. The van der Waals surface area contributed by atoms with Crippen molar-refractivity contribution in [1.29, 1.82) is 0 Å². The summed E-state index contributed by atoms with van der Waals surface area (Å²) in [6.45, 7) is 11.3. The normalized spacial score (nSPS) is 19.5. The molecule has 1 amide bonds. The fraction of sp³-hybridized carbons (Fsp3) is 0.706. The van der Waals surface area contributed by atoms with Crippen LogP contribution >= 0.6 is 11.8 Å². The summed E-state index contributed by atoms with van der Waals surface area (Å²) < 4.78 is 7.48. The molecule has 2 aliphatic rings. The summed E-state index contributed by atoms with van der Waals surface area (Å²) in [5.41, 5.74) is 0. The summed E-state index contributed by atoms with van der Waals surface area (Å²) in [5, 5.41) is 9.44. The Balaban J connectivity index is 1.77. The molecule has 0 bridgehead atoms. The molecule has 0 spiro atoms. The summed E-state index contributed by atoms with van der Waals surface area (Å²) >= 11 is 1.54. The van der Waals surface area contributed by atoms with Crippen LogP contribution in [0, 0.1) is 5.92 Å². The molecule has 0 aromatic carbocycles. The molecule has 6 nitrogen and oxygen atoms in total. The van der Waals surface area contributed by atoms with Gasteiger partial charge >= 0.3 is 0 Å². The van der Waals surface area contributed by atoms with Crippen molar-refractivity contribution < 1.29 is 9.53 Å². The lowest BCUT2D eigenvalue weighted by Crippen LogP contribution is -2.46. The third-order valence-corrected chi connectivity index (χ3v) is 5.92. The van der Waals surface area contributed by atoms with E-state index in [1.807, 2.05) is 11.0 Å². The van der Waals surface area contributed by atoms with Gasteiger partial charge in [0.05, 0.1) is 18.5 Å². The number of allylic oxidation sites excluding steroid dienone is 1. The predicted octanol–water partition coefficient (Wildman–Crippen LogP) is 2.32. The van der Waals surface area contributed by atoms with E-state index in [0.717, 1.165) is 11.0 Å². The van der Waals surface area contributed by atoms with Gasteiger partial charge in [-0.25, -0.2) is 0 Å². The Labute approximate surface area is 147 Å². The van der Waals surface area contributed by atoms with Crippen LogP contribution in [0.3, 0.4) is 0 Å². The summed E-state index contributed by atoms with van der Waals surface area (Å²) in [4.78, 5) is 14.9. The van der Waals surface area contributed by atoms with Gasteiger partial charge in [0, 0.05) is 25.6 Å². The number of carbonyl (C=O) groups is 1. The molecule has 0 radical (unpaired) electrons. The van der Waals surface area contributed by atoms with Crippen molar-refractivity contribution in [2.75, 3.05) is 26.3 Å². The summed E-state index contributed by atoms with van der Waals surface area (Å²) in [5.74, 6) is 1.97. The largest absolute Gasteiger partial charge is 0.378 e. The van der Waals surface area contributed by atoms with E-state index < -0.39 is 0 Å². The van der Waals surface area contributed by atoms with Crippen LogP contribution in [-0.4, -0.2) is 57.1 Å². The number of ether oxygens (including phenoxy) is 1. The fourth-order valence-electron chi connectivity index (χ4n) is 2.88. The predicted molar refractivity (Wildman–Crippen MR) is 94.1 cm³/mol. The van der Waals surface area contributed by atoms with Crippen LogP contribution in [0.25, 0.3) is 0 Å². The van der Waals surface area contributed by atoms with E-state index in [4.69, 9.17) is 4.74 Å². The first kappa shape index (κ1) is 17.5. The van der Waals surface area contributed by atoms with E-state index >= 15 is 0 Å². The molecule has 1 aromatic rings. The molecule has 2 heterocycles. The highest BCUT2D eigenvalue weighted by atomic mass is 32.2. The van der Waals surface area contributed by atoms with Crippen LogP contribution in [0.2, 0.25) is 0 Å². The van der Waals surface area contributed by atoms with Gasteiger partial charge < -0.3 is 14.2 Å². The van der Waals surface area contributed by atoms with Gasteiger partial charge in [-0.1, -0.05) is 31.7 Å². The summed E-state index contributed by atoms with van der Waals surface area (Å²) in [7, 11) is 0. The molecule has 1 saturated heterocycles. The lowest BCUT2D eigenvalue weighted by molar-refractivity contribution is -0.135. The average Bonchev–Trinajstić information content (AvgIpc) is 3.35. The maximum absolute atomic E-state index is 12.9. The van der Waals surface area contributed by atoms with E-state index in [1.165, 1.54) is 12.8 Å². The number of aromatic nitrogens is 3. The molecular weight excluding hydrogens is 324 g/mol. The van der Waals surface area contributed by atoms with Gasteiger partial charge in [0.25, 0.3) is 0 Å². The minimum absolute atomic E-state index is 0.150. The number of morpholine rings is 1. The zero-order valence-electron chi connectivity index (χ0n) is 14.5. The number of hydrogen-bond acceptors (Lipinski definition) is 5. The molecule has 1 aliphatic carbocycles. The van der Waals surface area contributed by atoms with Gasteiger partial charge in [-0.15, -0.1) is 16.8 Å². The maximum atomic E-state index is 12.9. The van der Waals surface area contributed by atoms with Gasteiger partial charge in [0.1, 0.15) is 5.82 Å². The van der Waals surface area contributed by atoms with Gasteiger partial charge in [0.2, 0.25) is 5.91 Å². The van der Waals surface area contributed by atoms with Crippen molar-refractivity contribution in [3.8, 4) is 0 Å². The molecule has 132 valence electrons. The van der Waals surface area contributed by atoms with E-state index in [9.17, 15) is 4.79 Å². The van der Waals surface area contributed by atoms with Crippen molar-refractivity contribution >= 4 is 17.7 Å². The number of carbonyl (C=O) groups excluding carboxylic acids is 1. The minimum atomic E-state index is -0.150. The van der Waals surface area contributed by atoms with E-state index in [1.54, 1.807) is 11.8 Å². The van der Waals surface area contributed by atoms with Crippen LogP contribution in [-0.2, 0) is 16.1 Å². The Morgan fingerprint density at radius 3 is 2.67 bits per heavy atom. The fourth-order valence-corrected chi connectivity index (χ4v) is 4.01. The van der Waals surface area contributed by atoms with Crippen molar-refractivity contribution in [3.63, 3.8) is 0 Å². The highest BCUT2D eigenvalue weighted by Gasteiger charge is 2.34. The van der Waals surface area contributed by atoms with Crippen LogP contribution < -0.4 is 0 Å². The van der Waals surface area contributed by atoms with E-state index in [-0.39, 0.29) is 17.1 Å². The molecular formula is C17H26N4O2S. The molecule has 1 atom stereocenters. The molecule has 24 heavy (non-hydrogen) atoms. The number of amides is 1. The van der Waals surface area contributed by atoms with Gasteiger partial charge in [-0.2, -0.15) is 0 Å². The van der Waals surface area contributed by atoms with Crippen molar-refractivity contribution in [1.82, 2.24) is 19.7 Å². The maximum Gasteiger partial charge on any atom is 0.236 e. The van der Waals surface area contributed by atoms with E-state index in [2.05, 4.69) is 35.2 Å². The Bertz CT molecular complexity index is 591. The number of hydrogen-bond donors (Lipinski definition) is 0. The smallest absolute Gasteiger partial charge is 0.236 e. The van der Waals surface area contributed by atoms with Gasteiger partial charge in [-0.05, 0) is 18.8 Å². The molecule has 7 heteroatoms. The van der Waals surface area contributed by atoms with Crippen molar-refractivity contribution in [2.45, 2.75) is 49.6 Å². The second-order valence-electron chi connectivity index (χ2n) is 6.73. The second kappa shape index (κ2) is 7.70. The Morgan fingerprint density at radius 2 is 2.08 bits per heavy atom. The minimum Gasteiger partial charge on any atom is -0.378 e. The molecule has 1 unspecified atom stereocenters. The molecule has 1 aliphatic heterocycles. The number of rotatable bonds is 7. The quantitative estimate of drug-likeness (QED) is 0.558. The molecule has 1 aromatic heterocycles. The van der Waals surface area contributed by atoms with Gasteiger partial charge in [0.15, 0.2) is 5.16 Å². The van der Waals surface area contributed by atoms with Crippen LogP contribution in [0.5, 0.6) is 0 Å². The lowest BCUT2D eigenvalue weighted by Gasteiger charge is -2.31. The van der Waals surface area contributed by atoms with Crippen molar-refractivity contribution in [3.05, 3.63) is 18.5 Å². The Morgan fingerprint density at radius 1 is 1.38 bits per heavy atom. The topological polar surface area (TPSA) is 60.2 Å². The summed E-state index contributed by atoms with van der Waals surface area (Å²) in [6.07, 6.45) is 4.23. The zero-order valence-corrected chi connectivity index (χ0v) is 15.3. The number of thioether (sulfide) groups is 1. The molecule has 1 saturated carbocycles. The summed E-state index contributed by atoms with van der Waals surface area (Å²) in [6, 6.07) is 0. The van der Waals surface area contributed by atoms with E-state index in [0.29, 0.717) is 38.8 Å². The van der Waals surface area contributed by atoms with Crippen LogP contribution in [0.1, 0.15) is 38.4 Å². The third kappa shape index (κ3) is 3.83. The second-order valence-corrected chi connectivity index (χ2v) is 7.84. The third-order valence-electron chi connectivity index (χ3n) is 4.40. The molecule has 3 rings (SSSR count). The van der Waals surface area contributed by atoms with Crippen LogP contribution in [0.15, 0.2) is 17.8 Å². The lowest BCUT2D eigenvalue weighted by atomic mass is 10.1. The molecule has 2 fully saturated rings. The van der Waals surface area contributed by atoms with Crippen molar-refractivity contribution in [2.24, 2.45) is 5.92 Å². The zero-order chi connectivity index (χ0) is 17.1. The SMILES string of the molecule is C=CCn1c(SC(C(=O)N2CCOCC2)C(C)C)nnc1C1CC1. The standard InChI is InChI=1S/C17H26N4O2S/c1-4-7-21-15(13-5-6-13)18-19-17(21)24-14(12(2)3)16(22)20-8-10-23-11-9-20/h4,12-14H,1,5-11H2,2-3H3. The highest BCUT2D eigenvalue weighted by molar-refractivity contribution is 8.00. The van der Waals surface area contributed by atoms with Crippen LogP contribution in [0.4, 0.5) is 0 Å². The Hall–Kier alpha value is -1.34. The first-order valence-electron chi connectivity index (χ1n) is 8.69. The monoisotopic (exact) mass is 350 g/mol. The Kier molecular flexibility index (Phi) is 5.61. The number of nitrogens with zero attached hydrogens (tertiary/aromatic N) is 4. The first-order valence-corrected chi connectivity index (χ1v) is 9.57. The highest BCUT2D eigenvalue weighted by Crippen LogP contribution is 2.40. The first-order chi connectivity index (χ1) is 11.6. The average molecular weight is 350 g/mol.